The molecule has 1 heterocycles. The lowest BCUT2D eigenvalue weighted by atomic mass is 10.0. The fraction of sp³-hybridized carbons (Fsp3) is 0.312. The summed E-state index contributed by atoms with van der Waals surface area (Å²) in [7, 11) is 0. The summed E-state index contributed by atoms with van der Waals surface area (Å²) in [6.07, 6.45) is 1.52. The number of nitrogens with zero attached hydrogens (tertiary/aromatic N) is 3. The monoisotopic (exact) mass is 300 g/mol. The summed E-state index contributed by atoms with van der Waals surface area (Å²) in [4.78, 5) is 0. The second-order valence-electron chi connectivity index (χ2n) is 4.76. The van der Waals surface area contributed by atoms with Crippen molar-refractivity contribution in [3.8, 4) is 6.07 Å². The zero-order valence-electron chi connectivity index (χ0n) is 12.4. The summed E-state index contributed by atoms with van der Waals surface area (Å²) in [5.74, 6) is 0.478. The predicted octanol–water partition coefficient (Wildman–Crippen LogP) is 4.18. The molecule has 0 aliphatic heterocycles. The minimum Gasteiger partial charge on any atom is -0.338 e. The molecule has 0 saturated carbocycles. The van der Waals surface area contributed by atoms with Gasteiger partial charge in [0, 0.05) is 10.7 Å². The number of hydrogen-bond acceptors (Lipinski definition) is 4. The van der Waals surface area contributed by atoms with E-state index in [2.05, 4.69) is 21.6 Å². The number of hydrogen-bond donors (Lipinski definition) is 1. The summed E-state index contributed by atoms with van der Waals surface area (Å²) >= 11 is 6.12. The quantitative estimate of drug-likeness (QED) is 0.920. The molecule has 21 heavy (non-hydrogen) atoms. The Morgan fingerprint density at radius 1 is 1.24 bits per heavy atom. The van der Waals surface area contributed by atoms with Crippen LogP contribution in [0.4, 0.5) is 11.5 Å². The van der Waals surface area contributed by atoms with Gasteiger partial charge in [-0.25, -0.2) is 0 Å². The number of nitrogens with one attached hydrogen (secondary N) is 1. The van der Waals surface area contributed by atoms with Gasteiger partial charge < -0.3 is 5.32 Å². The maximum absolute atomic E-state index is 9.44. The Kier molecular flexibility index (Phi) is 4.77. The van der Waals surface area contributed by atoms with E-state index in [0.29, 0.717) is 16.4 Å². The molecular weight excluding hydrogens is 284 g/mol. The molecule has 0 fully saturated rings. The topological polar surface area (TPSA) is 61.6 Å². The number of halogens is 1. The van der Waals surface area contributed by atoms with E-state index in [-0.39, 0.29) is 0 Å². The average Bonchev–Trinajstić information content (AvgIpc) is 2.50. The van der Waals surface area contributed by atoms with Crippen LogP contribution in [0, 0.1) is 18.3 Å². The van der Waals surface area contributed by atoms with Gasteiger partial charge in [0.05, 0.1) is 5.69 Å². The first kappa shape index (κ1) is 15.3. The van der Waals surface area contributed by atoms with Crippen LogP contribution in [0.25, 0.3) is 0 Å². The fourth-order valence-corrected chi connectivity index (χ4v) is 2.37. The van der Waals surface area contributed by atoms with Crippen LogP contribution in [0.2, 0.25) is 5.02 Å². The maximum atomic E-state index is 9.44. The molecule has 0 spiro atoms. The third-order valence-electron chi connectivity index (χ3n) is 3.39. The van der Waals surface area contributed by atoms with Gasteiger partial charge in [0.15, 0.2) is 5.82 Å². The molecule has 0 aliphatic carbocycles. The van der Waals surface area contributed by atoms with Crippen LogP contribution in [-0.4, -0.2) is 10.2 Å². The number of benzene rings is 1. The molecule has 0 saturated heterocycles. The second kappa shape index (κ2) is 6.55. The molecule has 4 nitrogen and oxygen atoms in total. The van der Waals surface area contributed by atoms with Gasteiger partial charge in [-0.3, -0.25) is 0 Å². The number of anilines is 2. The van der Waals surface area contributed by atoms with Crippen molar-refractivity contribution in [1.29, 1.82) is 5.26 Å². The molecule has 0 unspecified atom stereocenters. The highest BCUT2D eigenvalue weighted by Crippen LogP contribution is 2.26. The van der Waals surface area contributed by atoms with Crippen LogP contribution < -0.4 is 5.32 Å². The lowest BCUT2D eigenvalue weighted by molar-refractivity contribution is 0.877. The molecule has 1 aromatic carbocycles. The molecule has 2 aromatic rings. The Labute approximate surface area is 129 Å². The van der Waals surface area contributed by atoms with Crippen molar-refractivity contribution in [2.24, 2.45) is 0 Å². The minimum absolute atomic E-state index is 0.478. The third kappa shape index (κ3) is 3.14. The van der Waals surface area contributed by atoms with Crippen molar-refractivity contribution in [3.63, 3.8) is 0 Å². The van der Waals surface area contributed by atoms with Crippen molar-refractivity contribution >= 4 is 23.1 Å². The fourth-order valence-electron chi connectivity index (χ4n) is 2.19. The second-order valence-corrected chi connectivity index (χ2v) is 5.16. The van der Waals surface area contributed by atoms with Crippen LogP contribution in [0.15, 0.2) is 18.2 Å². The van der Waals surface area contributed by atoms with Gasteiger partial charge in [0.25, 0.3) is 0 Å². The normalized spacial score (nSPS) is 10.2. The van der Waals surface area contributed by atoms with E-state index in [1.54, 1.807) is 0 Å². The first-order valence-electron chi connectivity index (χ1n) is 6.92. The standard InChI is InChI=1S/C16H17ClN4/c1-4-12-13(9-18)16(21-20-15(12)5-2)19-11-7-6-10(3)14(17)8-11/h6-8H,4-5H2,1-3H3,(H,19,21). The van der Waals surface area contributed by atoms with Crippen molar-refractivity contribution in [2.75, 3.05) is 5.32 Å². The lowest BCUT2D eigenvalue weighted by Crippen LogP contribution is -2.07. The Morgan fingerprint density at radius 2 is 2.00 bits per heavy atom. The number of aromatic nitrogens is 2. The molecule has 0 radical (unpaired) electrons. The maximum Gasteiger partial charge on any atom is 0.171 e. The molecule has 0 aliphatic rings. The molecule has 5 heteroatoms. The van der Waals surface area contributed by atoms with Crippen molar-refractivity contribution < 1.29 is 0 Å². The first-order valence-corrected chi connectivity index (χ1v) is 7.30. The molecular formula is C16H17ClN4. The van der Waals surface area contributed by atoms with Crippen LogP contribution in [0.5, 0.6) is 0 Å². The van der Waals surface area contributed by atoms with Crippen molar-refractivity contribution in [3.05, 3.63) is 45.6 Å². The van der Waals surface area contributed by atoms with Crippen LogP contribution >= 0.6 is 11.6 Å². The highest BCUT2D eigenvalue weighted by atomic mass is 35.5. The van der Waals surface area contributed by atoms with Crippen LogP contribution in [0.3, 0.4) is 0 Å². The Bertz CT molecular complexity index is 704. The predicted molar refractivity (Wildman–Crippen MR) is 85.0 cm³/mol. The Morgan fingerprint density at radius 3 is 2.57 bits per heavy atom. The molecule has 0 atom stereocenters. The van der Waals surface area contributed by atoms with E-state index < -0.39 is 0 Å². The third-order valence-corrected chi connectivity index (χ3v) is 3.80. The highest BCUT2D eigenvalue weighted by Gasteiger charge is 2.14. The summed E-state index contributed by atoms with van der Waals surface area (Å²) in [6, 6.07) is 7.88. The molecule has 108 valence electrons. The largest absolute Gasteiger partial charge is 0.338 e. The van der Waals surface area contributed by atoms with Crippen molar-refractivity contribution in [2.45, 2.75) is 33.6 Å². The SMILES string of the molecule is CCc1nnc(Nc2ccc(C)c(Cl)c2)c(C#N)c1CC. The van der Waals surface area contributed by atoms with Gasteiger partial charge in [-0.1, -0.05) is 31.5 Å². The van der Waals surface area contributed by atoms with Crippen LogP contribution in [-0.2, 0) is 12.8 Å². The molecule has 2 rings (SSSR count). The molecule has 1 N–H and O–H groups in total. The summed E-state index contributed by atoms with van der Waals surface area (Å²) in [5.41, 5.74) is 4.19. The van der Waals surface area contributed by atoms with Crippen LogP contribution in [0.1, 0.15) is 36.2 Å². The smallest absolute Gasteiger partial charge is 0.171 e. The zero-order chi connectivity index (χ0) is 15.4. The molecule has 0 bridgehead atoms. The number of rotatable bonds is 4. The Balaban J connectivity index is 2.44. The van der Waals surface area contributed by atoms with E-state index in [1.165, 1.54) is 0 Å². The summed E-state index contributed by atoms with van der Waals surface area (Å²) in [6.45, 7) is 5.97. The van der Waals surface area contributed by atoms with Gasteiger partial charge >= 0.3 is 0 Å². The minimum atomic E-state index is 0.478. The van der Waals surface area contributed by atoms with Gasteiger partial charge in [-0.2, -0.15) is 10.4 Å². The lowest BCUT2D eigenvalue weighted by Gasteiger charge is -2.12. The Hall–Kier alpha value is -2.12. The highest BCUT2D eigenvalue weighted by molar-refractivity contribution is 6.31. The molecule has 1 aromatic heterocycles. The van der Waals surface area contributed by atoms with Gasteiger partial charge in [-0.15, -0.1) is 5.10 Å². The first-order chi connectivity index (χ1) is 10.1. The summed E-state index contributed by atoms with van der Waals surface area (Å²) in [5, 5.41) is 21.6. The van der Waals surface area contributed by atoms with Gasteiger partial charge in [0.2, 0.25) is 0 Å². The van der Waals surface area contributed by atoms with E-state index in [4.69, 9.17) is 11.6 Å². The van der Waals surface area contributed by atoms with E-state index in [9.17, 15) is 5.26 Å². The molecule has 0 amide bonds. The van der Waals surface area contributed by atoms with E-state index in [0.717, 1.165) is 35.3 Å². The van der Waals surface area contributed by atoms with E-state index >= 15 is 0 Å². The van der Waals surface area contributed by atoms with Crippen molar-refractivity contribution in [1.82, 2.24) is 10.2 Å². The zero-order valence-corrected chi connectivity index (χ0v) is 13.1. The van der Waals surface area contributed by atoms with Gasteiger partial charge in [-0.05, 0) is 43.0 Å². The van der Waals surface area contributed by atoms with E-state index in [1.807, 2.05) is 39.0 Å². The summed E-state index contributed by atoms with van der Waals surface area (Å²) < 4.78 is 0. The number of nitriles is 1. The van der Waals surface area contributed by atoms with Gasteiger partial charge in [0.1, 0.15) is 11.6 Å². The number of aryl methyl sites for hydroxylation is 2. The average molecular weight is 301 g/mol.